The van der Waals surface area contributed by atoms with Crippen molar-refractivity contribution < 1.29 is 14.4 Å². The van der Waals surface area contributed by atoms with Gasteiger partial charge in [-0.1, -0.05) is 44.2 Å². The fourth-order valence-corrected chi connectivity index (χ4v) is 5.82. The van der Waals surface area contributed by atoms with Gasteiger partial charge < -0.3 is 25.4 Å². The van der Waals surface area contributed by atoms with Crippen LogP contribution < -0.4 is 10.6 Å². The third-order valence-corrected chi connectivity index (χ3v) is 8.08. The van der Waals surface area contributed by atoms with Gasteiger partial charge in [-0.25, -0.2) is 4.98 Å². The molecule has 0 spiro atoms. The number of carbonyl (C=O) groups excluding carboxylic acids is 3. The Hall–Kier alpha value is -3.79. The molecule has 0 saturated carbocycles. The van der Waals surface area contributed by atoms with Crippen molar-refractivity contribution in [3.8, 4) is 11.1 Å². The molecule has 2 aromatic heterocycles. The zero-order valence-corrected chi connectivity index (χ0v) is 23.7. The lowest BCUT2D eigenvalue weighted by Crippen LogP contribution is -2.60. The van der Waals surface area contributed by atoms with Crippen molar-refractivity contribution in [2.45, 2.75) is 70.6 Å². The molecule has 2 aliphatic heterocycles. The van der Waals surface area contributed by atoms with Gasteiger partial charge >= 0.3 is 0 Å². The van der Waals surface area contributed by atoms with Crippen LogP contribution in [0.3, 0.4) is 0 Å². The van der Waals surface area contributed by atoms with Gasteiger partial charge in [-0.15, -0.1) is 0 Å². The Morgan fingerprint density at radius 3 is 2.60 bits per heavy atom. The Labute approximate surface area is 234 Å². The lowest BCUT2D eigenvalue weighted by molar-refractivity contribution is -0.144. The number of carbonyl (C=O) groups is 3. The van der Waals surface area contributed by atoms with Crippen molar-refractivity contribution in [3.63, 3.8) is 0 Å². The molecule has 4 heterocycles. The van der Waals surface area contributed by atoms with Crippen LogP contribution in [-0.2, 0) is 14.4 Å². The van der Waals surface area contributed by atoms with Gasteiger partial charge in [0.2, 0.25) is 17.7 Å². The topological polar surface area (TPSA) is 123 Å². The van der Waals surface area contributed by atoms with Gasteiger partial charge in [0.1, 0.15) is 11.9 Å². The third kappa shape index (κ3) is 5.58. The quantitative estimate of drug-likeness (QED) is 0.419. The zero-order chi connectivity index (χ0) is 28.4. The van der Waals surface area contributed by atoms with Crippen LogP contribution in [0.25, 0.3) is 22.2 Å². The number of nitrogens with zero attached hydrogens (tertiary/aromatic N) is 4. The number of amides is 3. The molecule has 0 bridgehead atoms. The number of likely N-dealkylation sites (N-methyl/N-ethyl adjacent to an activating group) is 1. The average Bonchev–Trinajstić information content (AvgIpc) is 3.56. The molecule has 3 N–H and O–H groups in total. The Morgan fingerprint density at radius 2 is 1.88 bits per heavy atom. The normalized spacial score (nSPS) is 22.2. The van der Waals surface area contributed by atoms with E-state index in [9.17, 15) is 14.4 Å². The minimum Gasteiger partial charge on any atom is -0.341 e. The smallest absolute Gasteiger partial charge is 0.247 e. The second-order valence-electron chi connectivity index (χ2n) is 11.4. The van der Waals surface area contributed by atoms with Crippen LogP contribution >= 0.6 is 0 Å². The average molecular weight is 546 g/mol. The number of pyridine rings is 1. The van der Waals surface area contributed by atoms with Gasteiger partial charge in [0, 0.05) is 37.3 Å². The first kappa shape index (κ1) is 27.8. The highest BCUT2D eigenvalue weighted by Gasteiger charge is 2.44. The van der Waals surface area contributed by atoms with Crippen molar-refractivity contribution in [2.75, 3.05) is 20.1 Å². The highest BCUT2D eigenvalue weighted by Crippen LogP contribution is 2.39. The molecule has 2 saturated heterocycles. The van der Waals surface area contributed by atoms with Crippen molar-refractivity contribution >= 4 is 28.8 Å². The summed E-state index contributed by atoms with van der Waals surface area (Å²) in [5.41, 5.74) is 3.59. The SMILES string of the molecule is CN[C@@H](C)C(=O)N[C@H]1CN(C(=O)CC(C)C)CC[C@H]2CC[C@@H](c3nc4c(-c5ccccc5)cncc4[nH]3)N2C1=O. The number of aromatic nitrogens is 3. The number of H-pyrrole nitrogens is 1. The first-order valence-corrected chi connectivity index (χ1v) is 14.2. The lowest BCUT2D eigenvalue weighted by atomic mass is 10.0. The number of benzene rings is 1. The van der Waals surface area contributed by atoms with Gasteiger partial charge in [0.15, 0.2) is 0 Å². The lowest BCUT2D eigenvalue weighted by Gasteiger charge is -2.39. The maximum Gasteiger partial charge on any atom is 0.247 e. The summed E-state index contributed by atoms with van der Waals surface area (Å²) in [5, 5.41) is 5.87. The molecule has 4 atom stereocenters. The molecule has 0 aliphatic carbocycles. The summed E-state index contributed by atoms with van der Waals surface area (Å²) in [6.45, 7) is 6.47. The molecule has 1 aromatic carbocycles. The summed E-state index contributed by atoms with van der Waals surface area (Å²) >= 11 is 0. The molecule has 3 aromatic rings. The van der Waals surface area contributed by atoms with Crippen LogP contribution in [0.15, 0.2) is 42.7 Å². The summed E-state index contributed by atoms with van der Waals surface area (Å²) in [5.74, 6) is 0.505. The number of imidazole rings is 1. The first-order chi connectivity index (χ1) is 19.3. The third-order valence-electron chi connectivity index (χ3n) is 8.08. The maximum atomic E-state index is 14.2. The molecule has 3 amide bonds. The molecule has 212 valence electrons. The van der Waals surface area contributed by atoms with E-state index in [1.807, 2.05) is 55.3 Å². The van der Waals surface area contributed by atoms with Crippen LogP contribution in [-0.4, -0.2) is 80.7 Å². The number of nitrogens with one attached hydrogen (secondary N) is 3. The number of fused-ring (bicyclic) bond motifs is 2. The summed E-state index contributed by atoms with van der Waals surface area (Å²) in [7, 11) is 1.70. The van der Waals surface area contributed by atoms with E-state index >= 15 is 0 Å². The van der Waals surface area contributed by atoms with Crippen molar-refractivity contribution in [1.82, 2.24) is 35.4 Å². The van der Waals surface area contributed by atoms with Gasteiger partial charge in [-0.05, 0) is 44.7 Å². The molecule has 40 heavy (non-hydrogen) atoms. The molecule has 5 rings (SSSR count). The molecular weight excluding hydrogens is 506 g/mol. The number of aromatic amines is 1. The van der Waals surface area contributed by atoms with Gasteiger partial charge in [0.25, 0.3) is 0 Å². The minimum absolute atomic E-state index is 0.0185. The molecule has 10 nitrogen and oxygen atoms in total. The van der Waals surface area contributed by atoms with Crippen LogP contribution in [0.4, 0.5) is 0 Å². The Kier molecular flexibility index (Phi) is 8.16. The van der Waals surface area contributed by atoms with E-state index in [2.05, 4.69) is 20.6 Å². The maximum absolute atomic E-state index is 14.2. The van der Waals surface area contributed by atoms with E-state index in [1.54, 1.807) is 25.1 Å². The molecular formula is C30H39N7O3. The summed E-state index contributed by atoms with van der Waals surface area (Å²) in [6.07, 6.45) is 6.24. The number of rotatable bonds is 7. The molecule has 0 unspecified atom stereocenters. The van der Waals surface area contributed by atoms with Crippen molar-refractivity contribution in [2.24, 2.45) is 5.92 Å². The van der Waals surface area contributed by atoms with E-state index in [0.29, 0.717) is 19.4 Å². The van der Waals surface area contributed by atoms with E-state index in [1.165, 1.54) is 0 Å². The van der Waals surface area contributed by atoms with E-state index in [0.717, 1.165) is 40.8 Å². The van der Waals surface area contributed by atoms with Crippen LogP contribution in [0.5, 0.6) is 0 Å². The van der Waals surface area contributed by atoms with Crippen molar-refractivity contribution in [3.05, 3.63) is 48.5 Å². The summed E-state index contributed by atoms with van der Waals surface area (Å²) in [4.78, 5) is 56.7. The molecule has 10 heteroatoms. The molecule has 2 aliphatic rings. The molecule has 2 fully saturated rings. The molecule has 0 radical (unpaired) electrons. The fourth-order valence-electron chi connectivity index (χ4n) is 5.82. The second-order valence-corrected chi connectivity index (χ2v) is 11.4. The van der Waals surface area contributed by atoms with Gasteiger partial charge in [0.05, 0.1) is 29.3 Å². The fraction of sp³-hybridized carbons (Fsp3) is 0.500. The minimum atomic E-state index is -0.839. The van der Waals surface area contributed by atoms with E-state index < -0.39 is 12.1 Å². The van der Waals surface area contributed by atoms with E-state index in [-0.39, 0.29) is 42.3 Å². The van der Waals surface area contributed by atoms with Crippen molar-refractivity contribution in [1.29, 1.82) is 0 Å². The number of hydrogen-bond acceptors (Lipinski definition) is 6. The Morgan fingerprint density at radius 1 is 1.10 bits per heavy atom. The van der Waals surface area contributed by atoms with Gasteiger partial charge in [-0.2, -0.15) is 0 Å². The van der Waals surface area contributed by atoms with E-state index in [4.69, 9.17) is 4.98 Å². The van der Waals surface area contributed by atoms with Crippen LogP contribution in [0.1, 0.15) is 58.3 Å². The van der Waals surface area contributed by atoms with Crippen LogP contribution in [0.2, 0.25) is 0 Å². The zero-order valence-electron chi connectivity index (χ0n) is 23.7. The highest BCUT2D eigenvalue weighted by atomic mass is 16.2. The first-order valence-electron chi connectivity index (χ1n) is 14.2. The largest absolute Gasteiger partial charge is 0.341 e. The predicted molar refractivity (Wildman–Crippen MR) is 153 cm³/mol. The summed E-state index contributed by atoms with van der Waals surface area (Å²) in [6, 6.07) is 8.40. The monoisotopic (exact) mass is 545 g/mol. The van der Waals surface area contributed by atoms with Gasteiger partial charge in [-0.3, -0.25) is 19.4 Å². The number of hydrogen-bond donors (Lipinski definition) is 3. The standard InChI is InChI=1S/C30H39N7O3/c1-18(2)14-26(38)36-13-12-21-10-11-25(37(21)30(40)24(17-36)34-29(39)19(3)31-4)28-33-23-16-32-15-22(27(23)35-28)20-8-6-5-7-9-20/h5-9,15-16,18-19,21,24-25,31H,10-14,17H2,1-4H3,(H,33,35)(H,34,39)/t19-,21+,24-,25-/m0/s1. The summed E-state index contributed by atoms with van der Waals surface area (Å²) < 4.78 is 0. The predicted octanol–water partition coefficient (Wildman–Crippen LogP) is 3.03. The van der Waals surface area contributed by atoms with Crippen LogP contribution in [0, 0.1) is 5.92 Å². The second kappa shape index (κ2) is 11.8. The Balaban J connectivity index is 1.47. The Bertz CT molecular complexity index is 1370. The highest BCUT2D eigenvalue weighted by molar-refractivity contribution is 5.92.